The quantitative estimate of drug-likeness (QED) is 0.583. The van der Waals surface area contributed by atoms with Crippen LogP contribution in [0.25, 0.3) is 0 Å². The van der Waals surface area contributed by atoms with Crippen LogP contribution in [0.3, 0.4) is 0 Å². The molecule has 2 rings (SSSR count). The molecule has 0 bridgehead atoms. The molecule has 1 saturated heterocycles. The van der Waals surface area contributed by atoms with Gasteiger partial charge in [-0.05, 0) is 25.7 Å². The van der Waals surface area contributed by atoms with Gasteiger partial charge >= 0.3 is 11.9 Å². The summed E-state index contributed by atoms with van der Waals surface area (Å²) in [4.78, 5) is 23.2. The van der Waals surface area contributed by atoms with E-state index in [9.17, 15) is 19.2 Å². The highest BCUT2D eigenvalue weighted by Crippen LogP contribution is 2.54. The standard InChI is InChI=1S/C14H16FNO4/c1-7-4-10-11(9(3)19-12(17)8(2)15)20-13(18)14(10,5-7)6-16/h7,9-11H,2,4-5H2,1,3H3. The van der Waals surface area contributed by atoms with E-state index >= 15 is 0 Å². The Hall–Kier alpha value is -1.90. The molecule has 5 nitrogen and oxygen atoms in total. The number of esters is 2. The molecule has 0 spiro atoms. The molecule has 1 saturated carbocycles. The van der Waals surface area contributed by atoms with Crippen molar-refractivity contribution in [3.8, 4) is 6.07 Å². The first kappa shape index (κ1) is 14.5. The molecule has 0 radical (unpaired) electrons. The maximum absolute atomic E-state index is 12.7. The van der Waals surface area contributed by atoms with E-state index in [1.54, 1.807) is 0 Å². The molecule has 6 heteroatoms. The first-order valence-corrected chi connectivity index (χ1v) is 6.49. The topological polar surface area (TPSA) is 76.4 Å². The summed E-state index contributed by atoms with van der Waals surface area (Å²) in [6, 6.07) is 2.07. The second kappa shape index (κ2) is 4.89. The van der Waals surface area contributed by atoms with Crippen LogP contribution in [0.4, 0.5) is 4.39 Å². The summed E-state index contributed by atoms with van der Waals surface area (Å²) in [7, 11) is 0. The maximum Gasteiger partial charge on any atom is 0.366 e. The Kier molecular flexibility index (Phi) is 3.55. The van der Waals surface area contributed by atoms with Gasteiger partial charge in [0.15, 0.2) is 5.41 Å². The lowest BCUT2D eigenvalue weighted by Crippen LogP contribution is -2.35. The third-order valence-corrected chi connectivity index (χ3v) is 4.14. The van der Waals surface area contributed by atoms with Crippen molar-refractivity contribution in [2.24, 2.45) is 17.3 Å². The molecule has 2 aliphatic rings. The number of hydrogen-bond acceptors (Lipinski definition) is 5. The largest absolute Gasteiger partial charge is 0.457 e. The minimum Gasteiger partial charge on any atom is -0.457 e. The maximum atomic E-state index is 12.7. The van der Waals surface area contributed by atoms with Crippen LogP contribution in [0.1, 0.15) is 26.7 Å². The average molecular weight is 281 g/mol. The van der Waals surface area contributed by atoms with Crippen molar-refractivity contribution in [2.75, 3.05) is 0 Å². The Bertz CT molecular complexity index is 512. The molecule has 20 heavy (non-hydrogen) atoms. The van der Waals surface area contributed by atoms with Gasteiger partial charge in [0, 0.05) is 5.92 Å². The molecule has 5 atom stereocenters. The lowest BCUT2D eigenvalue weighted by molar-refractivity contribution is -0.160. The number of halogens is 1. The van der Waals surface area contributed by atoms with Crippen LogP contribution in [-0.2, 0) is 19.1 Å². The Morgan fingerprint density at radius 3 is 2.90 bits per heavy atom. The molecule has 5 unspecified atom stereocenters. The van der Waals surface area contributed by atoms with Gasteiger partial charge in [0.25, 0.3) is 0 Å². The van der Waals surface area contributed by atoms with Crippen LogP contribution < -0.4 is 0 Å². The van der Waals surface area contributed by atoms with Crippen LogP contribution in [0, 0.1) is 28.6 Å². The highest BCUT2D eigenvalue weighted by molar-refractivity contribution is 5.86. The van der Waals surface area contributed by atoms with Crippen molar-refractivity contribution in [3.05, 3.63) is 12.4 Å². The molecule has 2 fully saturated rings. The van der Waals surface area contributed by atoms with E-state index < -0.39 is 35.4 Å². The summed E-state index contributed by atoms with van der Waals surface area (Å²) < 4.78 is 22.8. The van der Waals surface area contributed by atoms with Crippen molar-refractivity contribution in [2.45, 2.75) is 38.9 Å². The third kappa shape index (κ3) is 2.07. The molecule has 0 aromatic rings. The SMILES string of the molecule is C=C(F)C(=O)OC(C)C1OC(=O)C2(C#N)CC(C)CC12. The van der Waals surface area contributed by atoms with Gasteiger partial charge in [0.05, 0.1) is 6.07 Å². The van der Waals surface area contributed by atoms with Gasteiger partial charge in [-0.2, -0.15) is 9.65 Å². The Balaban J connectivity index is 2.19. The van der Waals surface area contributed by atoms with Gasteiger partial charge in [-0.15, -0.1) is 0 Å². The van der Waals surface area contributed by atoms with Gasteiger partial charge in [-0.25, -0.2) is 4.79 Å². The number of carbonyl (C=O) groups is 2. The molecule has 1 aliphatic carbocycles. The van der Waals surface area contributed by atoms with E-state index in [2.05, 4.69) is 12.6 Å². The molecule has 0 aromatic carbocycles. The molecule has 108 valence electrons. The van der Waals surface area contributed by atoms with Crippen LogP contribution in [0.5, 0.6) is 0 Å². The molecule has 0 aromatic heterocycles. The highest BCUT2D eigenvalue weighted by atomic mass is 19.1. The van der Waals surface area contributed by atoms with Crippen molar-refractivity contribution < 1.29 is 23.5 Å². The van der Waals surface area contributed by atoms with E-state index in [1.807, 2.05) is 6.92 Å². The van der Waals surface area contributed by atoms with E-state index in [0.29, 0.717) is 12.8 Å². The van der Waals surface area contributed by atoms with E-state index in [4.69, 9.17) is 9.47 Å². The van der Waals surface area contributed by atoms with Crippen molar-refractivity contribution in [1.82, 2.24) is 0 Å². The number of fused-ring (bicyclic) bond motifs is 1. The van der Waals surface area contributed by atoms with Gasteiger partial charge in [0.2, 0.25) is 5.83 Å². The number of carbonyl (C=O) groups excluding carboxylic acids is 2. The lowest BCUT2D eigenvalue weighted by Gasteiger charge is -2.23. The summed E-state index contributed by atoms with van der Waals surface area (Å²) >= 11 is 0. The Labute approximate surface area is 116 Å². The highest BCUT2D eigenvalue weighted by Gasteiger charge is 2.63. The fourth-order valence-electron chi connectivity index (χ4n) is 3.28. The van der Waals surface area contributed by atoms with Crippen LogP contribution in [-0.4, -0.2) is 24.1 Å². The predicted octanol–water partition coefficient (Wildman–Crippen LogP) is 1.88. The molecule has 0 amide bonds. The fraction of sp³-hybridized carbons (Fsp3) is 0.643. The van der Waals surface area contributed by atoms with E-state index in [1.165, 1.54) is 6.92 Å². The second-order valence-electron chi connectivity index (χ2n) is 5.62. The zero-order valence-electron chi connectivity index (χ0n) is 11.4. The average Bonchev–Trinajstić information content (AvgIpc) is 2.84. The zero-order valence-corrected chi connectivity index (χ0v) is 11.4. The van der Waals surface area contributed by atoms with Crippen molar-refractivity contribution in [3.63, 3.8) is 0 Å². The number of rotatable bonds is 3. The molecular formula is C14H16FNO4. The monoisotopic (exact) mass is 281 g/mol. The smallest absolute Gasteiger partial charge is 0.366 e. The first-order valence-electron chi connectivity index (χ1n) is 6.49. The summed E-state index contributed by atoms with van der Waals surface area (Å²) in [5, 5.41) is 9.35. The Morgan fingerprint density at radius 1 is 1.70 bits per heavy atom. The van der Waals surface area contributed by atoms with Gasteiger partial charge in [0.1, 0.15) is 12.2 Å². The minimum absolute atomic E-state index is 0.217. The van der Waals surface area contributed by atoms with Crippen LogP contribution in [0.2, 0.25) is 0 Å². The van der Waals surface area contributed by atoms with E-state index in [0.717, 1.165) is 0 Å². The third-order valence-electron chi connectivity index (χ3n) is 4.14. The molecule has 1 aliphatic heterocycles. The van der Waals surface area contributed by atoms with Crippen LogP contribution in [0.15, 0.2) is 12.4 Å². The van der Waals surface area contributed by atoms with Crippen molar-refractivity contribution in [1.29, 1.82) is 5.26 Å². The number of nitriles is 1. The summed E-state index contributed by atoms with van der Waals surface area (Å²) in [6.45, 7) is 6.34. The number of hydrogen-bond donors (Lipinski definition) is 0. The molecular weight excluding hydrogens is 265 g/mol. The second-order valence-corrected chi connectivity index (χ2v) is 5.62. The van der Waals surface area contributed by atoms with Crippen molar-refractivity contribution >= 4 is 11.9 Å². The lowest BCUT2D eigenvalue weighted by atomic mass is 9.78. The number of cyclic esters (lactones) is 1. The minimum atomic E-state index is -1.20. The summed E-state index contributed by atoms with van der Waals surface area (Å²) in [5.74, 6) is -3.05. The number of ether oxygens (including phenoxy) is 2. The zero-order chi connectivity index (χ0) is 15.1. The fourth-order valence-corrected chi connectivity index (χ4v) is 3.28. The summed E-state index contributed by atoms with van der Waals surface area (Å²) in [5.41, 5.74) is -1.16. The molecule has 1 heterocycles. The normalized spacial score (nSPS) is 36.7. The number of nitrogens with zero attached hydrogens (tertiary/aromatic N) is 1. The predicted molar refractivity (Wildman–Crippen MR) is 65.6 cm³/mol. The van der Waals surface area contributed by atoms with Gasteiger partial charge < -0.3 is 9.47 Å². The molecule has 0 N–H and O–H groups in total. The van der Waals surface area contributed by atoms with Gasteiger partial charge in [-0.3, -0.25) is 4.79 Å². The van der Waals surface area contributed by atoms with Gasteiger partial charge in [-0.1, -0.05) is 13.5 Å². The summed E-state index contributed by atoms with van der Waals surface area (Å²) in [6.07, 6.45) is -0.442. The first-order chi connectivity index (χ1) is 9.31. The van der Waals surface area contributed by atoms with E-state index in [-0.39, 0.29) is 11.8 Å². The Morgan fingerprint density at radius 2 is 2.35 bits per heavy atom. The van der Waals surface area contributed by atoms with Crippen LogP contribution >= 0.6 is 0 Å².